The van der Waals surface area contributed by atoms with Crippen LogP contribution in [0.4, 0.5) is 0 Å². The molecule has 0 bridgehead atoms. The number of nitrogens with one attached hydrogen (secondary N) is 1. The molecule has 0 amide bonds. The molecule has 1 N–H and O–H groups in total. The highest BCUT2D eigenvalue weighted by molar-refractivity contribution is 5.52. The van der Waals surface area contributed by atoms with Gasteiger partial charge in [-0.25, -0.2) is 0 Å². The molecule has 5 heteroatoms. The summed E-state index contributed by atoms with van der Waals surface area (Å²) in [6.07, 6.45) is 10.3. The van der Waals surface area contributed by atoms with Crippen LogP contribution in [-0.2, 0) is 13.1 Å². The lowest BCUT2D eigenvalue weighted by molar-refractivity contribution is 0.642. The third-order valence-corrected chi connectivity index (χ3v) is 2.29. The first-order valence-corrected chi connectivity index (χ1v) is 5.26. The Morgan fingerprint density at radius 3 is 2.94 bits per heavy atom. The molecule has 2 aromatic rings. The zero-order valence-corrected chi connectivity index (χ0v) is 9.59. The highest BCUT2D eigenvalue weighted by Crippen LogP contribution is 2.15. The second-order valence-electron chi connectivity index (χ2n) is 3.50. The van der Waals surface area contributed by atoms with Gasteiger partial charge in [-0.2, -0.15) is 5.10 Å². The predicted molar refractivity (Wildman–Crippen MR) is 64.8 cm³/mol. The molecule has 0 aliphatic heterocycles. The number of rotatable bonds is 4. The SMILES string of the molecule is C#CCn1nc(-c2cnccn2)cc1CNC. The Morgan fingerprint density at radius 1 is 1.41 bits per heavy atom. The number of hydrogen-bond acceptors (Lipinski definition) is 4. The second-order valence-corrected chi connectivity index (χ2v) is 3.50. The lowest BCUT2D eigenvalue weighted by Crippen LogP contribution is -2.11. The smallest absolute Gasteiger partial charge is 0.113 e. The lowest BCUT2D eigenvalue weighted by atomic mass is 10.3. The molecule has 86 valence electrons. The van der Waals surface area contributed by atoms with E-state index in [4.69, 9.17) is 6.42 Å². The molecule has 5 nitrogen and oxygen atoms in total. The van der Waals surface area contributed by atoms with Gasteiger partial charge < -0.3 is 5.32 Å². The van der Waals surface area contributed by atoms with Gasteiger partial charge in [-0.05, 0) is 13.1 Å². The van der Waals surface area contributed by atoms with Crippen LogP contribution in [0.25, 0.3) is 11.4 Å². The summed E-state index contributed by atoms with van der Waals surface area (Å²) in [5, 5.41) is 7.50. The minimum Gasteiger partial charge on any atom is -0.314 e. The maximum atomic E-state index is 5.31. The number of terminal acetylenes is 1. The van der Waals surface area contributed by atoms with E-state index in [2.05, 4.69) is 26.3 Å². The van der Waals surface area contributed by atoms with Crippen molar-refractivity contribution in [3.8, 4) is 23.7 Å². The molecule has 0 saturated carbocycles. The standard InChI is InChI=1S/C12H13N5/c1-3-6-17-10(8-13-2)7-11(16-17)12-9-14-4-5-15-12/h1,4-5,7,9,13H,6,8H2,2H3. The molecular formula is C12H13N5. The molecule has 2 heterocycles. The van der Waals surface area contributed by atoms with Gasteiger partial charge in [0.1, 0.15) is 17.9 Å². The average molecular weight is 227 g/mol. The Balaban J connectivity index is 2.37. The van der Waals surface area contributed by atoms with E-state index in [1.165, 1.54) is 0 Å². The largest absolute Gasteiger partial charge is 0.314 e. The lowest BCUT2D eigenvalue weighted by Gasteiger charge is -2.01. The fourth-order valence-corrected chi connectivity index (χ4v) is 1.56. The quantitative estimate of drug-likeness (QED) is 0.781. The predicted octanol–water partition coefficient (Wildman–Crippen LogP) is 0.693. The van der Waals surface area contributed by atoms with E-state index in [0.29, 0.717) is 6.54 Å². The fourth-order valence-electron chi connectivity index (χ4n) is 1.56. The van der Waals surface area contributed by atoms with E-state index in [-0.39, 0.29) is 0 Å². The highest BCUT2D eigenvalue weighted by Gasteiger charge is 2.09. The Hall–Kier alpha value is -2.19. The molecule has 0 spiro atoms. The highest BCUT2D eigenvalue weighted by atomic mass is 15.3. The van der Waals surface area contributed by atoms with Crippen LogP contribution in [0.1, 0.15) is 5.69 Å². The van der Waals surface area contributed by atoms with Crippen molar-refractivity contribution in [2.24, 2.45) is 0 Å². The minimum atomic E-state index is 0.456. The number of hydrogen-bond donors (Lipinski definition) is 1. The van der Waals surface area contributed by atoms with Crippen LogP contribution in [-0.4, -0.2) is 26.8 Å². The van der Waals surface area contributed by atoms with Crippen molar-refractivity contribution in [1.29, 1.82) is 0 Å². The summed E-state index contributed by atoms with van der Waals surface area (Å²) in [6.45, 7) is 1.17. The van der Waals surface area contributed by atoms with Crippen LogP contribution < -0.4 is 5.32 Å². The summed E-state index contributed by atoms with van der Waals surface area (Å²) in [7, 11) is 1.88. The van der Waals surface area contributed by atoms with Crippen LogP contribution in [0, 0.1) is 12.3 Å². The van der Waals surface area contributed by atoms with Gasteiger partial charge in [-0.1, -0.05) is 5.92 Å². The first kappa shape index (κ1) is 11.3. The summed E-state index contributed by atoms with van der Waals surface area (Å²) in [4.78, 5) is 8.24. The Morgan fingerprint density at radius 2 is 2.29 bits per heavy atom. The maximum Gasteiger partial charge on any atom is 0.113 e. The van der Waals surface area contributed by atoms with Crippen LogP contribution in [0.3, 0.4) is 0 Å². The van der Waals surface area contributed by atoms with E-state index in [1.54, 1.807) is 23.3 Å². The van der Waals surface area contributed by atoms with E-state index in [0.717, 1.165) is 23.6 Å². The van der Waals surface area contributed by atoms with E-state index in [9.17, 15) is 0 Å². The molecule has 0 saturated heterocycles. The van der Waals surface area contributed by atoms with E-state index in [1.807, 2.05) is 13.1 Å². The summed E-state index contributed by atoms with van der Waals surface area (Å²) in [5.41, 5.74) is 2.57. The summed E-state index contributed by atoms with van der Waals surface area (Å²) in [5.74, 6) is 2.58. The van der Waals surface area contributed by atoms with Crippen LogP contribution in [0.5, 0.6) is 0 Å². The summed E-state index contributed by atoms with van der Waals surface area (Å²) in [6, 6.07) is 1.97. The van der Waals surface area contributed by atoms with Gasteiger partial charge in [-0.15, -0.1) is 6.42 Å². The molecule has 0 radical (unpaired) electrons. The normalized spacial score (nSPS) is 10.1. The van der Waals surface area contributed by atoms with Crippen molar-refractivity contribution in [2.75, 3.05) is 7.05 Å². The molecule has 17 heavy (non-hydrogen) atoms. The van der Waals surface area contributed by atoms with Crippen LogP contribution in [0.2, 0.25) is 0 Å². The van der Waals surface area contributed by atoms with Crippen molar-refractivity contribution >= 4 is 0 Å². The van der Waals surface area contributed by atoms with Gasteiger partial charge in [-0.3, -0.25) is 14.6 Å². The van der Waals surface area contributed by atoms with Gasteiger partial charge in [0.2, 0.25) is 0 Å². The molecule has 2 aromatic heterocycles. The Kier molecular flexibility index (Phi) is 3.48. The first-order valence-electron chi connectivity index (χ1n) is 5.26. The molecule has 0 fully saturated rings. The maximum absolute atomic E-state index is 5.31. The topological polar surface area (TPSA) is 55.6 Å². The minimum absolute atomic E-state index is 0.456. The van der Waals surface area contributed by atoms with Gasteiger partial charge in [0, 0.05) is 18.9 Å². The Labute approximate surface area is 99.9 Å². The molecule has 0 aromatic carbocycles. The zero-order valence-electron chi connectivity index (χ0n) is 9.59. The molecular weight excluding hydrogens is 214 g/mol. The molecule has 0 aliphatic rings. The summed E-state index contributed by atoms with van der Waals surface area (Å²) >= 11 is 0. The third-order valence-electron chi connectivity index (χ3n) is 2.29. The van der Waals surface area contributed by atoms with Crippen LogP contribution in [0.15, 0.2) is 24.7 Å². The zero-order chi connectivity index (χ0) is 12.1. The number of aromatic nitrogens is 4. The van der Waals surface area contributed by atoms with Gasteiger partial charge in [0.25, 0.3) is 0 Å². The Bertz CT molecular complexity index is 524. The van der Waals surface area contributed by atoms with Gasteiger partial charge in [0.15, 0.2) is 0 Å². The van der Waals surface area contributed by atoms with Crippen LogP contribution >= 0.6 is 0 Å². The molecule has 0 unspecified atom stereocenters. The third kappa shape index (κ3) is 2.49. The van der Waals surface area contributed by atoms with Crippen molar-refractivity contribution in [3.05, 3.63) is 30.4 Å². The molecule has 2 rings (SSSR count). The average Bonchev–Trinajstić information content (AvgIpc) is 2.75. The van der Waals surface area contributed by atoms with Crippen molar-refractivity contribution in [1.82, 2.24) is 25.1 Å². The van der Waals surface area contributed by atoms with E-state index >= 15 is 0 Å². The molecule has 0 aliphatic carbocycles. The van der Waals surface area contributed by atoms with Gasteiger partial charge in [0.05, 0.1) is 11.9 Å². The van der Waals surface area contributed by atoms with Crippen molar-refractivity contribution in [2.45, 2.75) is 13.1 Å². The van der Waals surface area contributed by atoms with Gasteiger partial charge >= 0.3 is 0 Å². The first-order chi connectivity index (χ1) is 8.35. The van der Waals surface area contributed by atoms with E-state index < -0.39 is 0 Å². The number of nitrogens with zero attached hydrogens (tertiary/aromatic N) is 4. The molecule has 0 atom stereocenters. The van der Waals surface area contributed by atoms with Crippen molar-refractivity contribution in [3.63, 3.8) is 0 Å². The summed E-state index contributed by atoms with van der Waals surface area (Å²) < 4.78 is 1.79. The van der Waals surface area contributed by atoms with Crippen molar-refractivity contribution < 1.29 is 0 Å². The fraction of sp³-hybridized carbons (Fsp3) is 0.250. The monoisotopic (exact) mass is 227 g/mol. The second kappa shape index (κ2) is 5.23.